The molecule has 5 nitrogen and oxygen atoms in total. The van der Waals surface area contributed by atoms with Crippen molar-refractivity contribution >= 4 is 34.2 Å². The predicted octanol–water partition coefficient (Wildman–Crippen LogP) is 3.21. The van der Waals surface area contributed by atoms with Gasteiger partial charge in [-0.1, -0.05) is 16.8 Å². The standard InChI is InChI=1S/C13H15ClIN3O2/c1-3-19-7-13(2,16)12-17-11(20-18-12)9-6-8(14)4-5-10(9)15/h4-6H,3,7,16H2,1-2H3. The Morgan fingerprint density at radius 2 is 2.25 bits per heavy atom. The zero-order valence-electron chi connectivity index (χ0n) is 11.2. The van der Waals surface area contributed by atoms with E-state index in [1.165, 1.54) is 0 Å². The van der Waals surface area contributed by atoms with Crippen molar-refractivity contribution in [3.05, 3.63) is 32.6 Å². The lowest BCUT2D eigenvalue weighted by Gasteiger charge is -2.19. The zero-order valence-corrected chi connectivity index (χ0v) is 14.1. The Balaban J connectivity index is 2.31. The van der Waals surface area contributed by atoms with Gasteiger partial charge in [0, 0.05) is 15.2 Å². The summed E-state index contributed by atoms with van der Waals surface area (Å²) in [5.41, 5.74) is 6.15. The number of hydrogen-bond donors (Lipinski definition) is 1. The Bertz CT molecular complexity index is 601. The number of rotatable bonds is 5. The van der Waals surface area contributed by atoms with Crippen LogP contribution < -0.4 is 5.73 Å². The van der Waals surface area contributed by atoms with Crippen LogP contribution in [-0.2, 0) is 10.3 Å². The van der Waals surface area contributed by atoms with Crippen molar-refractivity contribution in [3.63, 3.8) is 0 Å². The van der Waals surface area contributed by atoms with Crippen LogP contribution in [0.15, 0.2) is 22.7 Å². The first-order chi connectivity index (χ1) is 9.44. The van der Waals surface area contributed by atoms with Crippen LogP contribution in [0.5, 0.6) is 0 Å². The van der Waals surface area contributed by atoms with Crippen LogP contribution >= 0.6 is 34.2 Å². The second-order valence-corrected chi connectivity index (χ2v) is 6.20. The summed E-state index contributed by atoms with van der Waals surface area (Å²) in [6, 6.07) is 5.49. The smallest absolute Gasteiger partial charge is 0.259 e. The maximum absolute atomic E-state index is 6.15. The molecule has 1 unspecified atom stereocenters. The molecule has 1 aromatic carbocycles. The van der Waals surface area contributed by atoms with Crippen molar-refractivity contribution in [3.8, 4) is 11.5 Å². The molecule has 1 heterocycles. The van der Waals surface area contributed by atoms with Gasteiger partial charge in [-0.05, 0) is 54.6 Å². The van der Waals surface area contributed by atoms with Crippen LogP contribution in [0.2, 0.25) is 5.02 Å². The molecule has 0 aliphatic heterocycles. The number of halogens is 2. The van der Waals surface area contributed by atoms with Gasteiger partial charge in [-0.15, -0.1) is 0 Å². The molecule has 0 fully saturated rings. The van der Waals surface area contributed by atoms with Gasteiger partial charge in [0.25, 0.3) is 5.89 Å². The Morgan fingerprint density at radius 3 is 2.95 bits per heavy atom. The minimum Gasteiger partial charge on any atom is -0.379 e. The second kappa shape index (κ2) is 6.38. The molecule has 0 aliphatic carbocycles. The molecule has 2 aromatic rings. The first-order valence-electron chi connectivity index (χ1n) is 6.10. The van der Waals surface area contributed by atoms with E-state index in [1.807, 2.05) is 19.1 Å². The summed E-state index contributed by atoms with van der Waals surface area (Å²) < 4.78 is 11.6. The van der Waals surface area contributed by atoms with Gasteiger partial charge in [0.1, 0.15) is 5.54 Å². The highest BCUT2D eigenvalue weighted by Crippen LogP contribution is 2.28. The van der Waals surface area contributed by atoms with Crippen molar-refractivity contribution in [2.45, 2.75) is 19.4 Å². The van der Waals surface area contributed by atoms with E-state index in [4.69, 9.17) is 26.6 Å². The first kappa shape index (κ1) is 15.7. The normalized spacial score (nSPS) is 14.2. The Morgan fingerprint density at radius 1 is 1.50 bits per heavy atom. The van der Waals surface area contributed by atoms with Gasteiger partial charge in [-0.2, -0.15) is 4.98 Å². The molecular weight excluding hydrogens is 393 g/mol. The van der Waals surface area contributed by atoms with Gasteiger partial charge in [-0.25, -0.2) is 0 Å². The quantitative estimate of drug-likeness (QED) is 0.771. The minimum absolute atomic E-state index is 0.328. The number of aromatic nitrogens is 2. The highest BCUT2D eigenvalue weighted by molar-refractivity contribution is 14.1. The van der Waals surface area contributed by atoms with E-state index < -0.39 is 5.54 Å². The summed E-state index contributed by atoms with van der Waals surface area (Å²) in [6.07, 6.45) is 0. The summed E-state index contributed by atoms with van der Waals surface area (Å²) in [6.45, 7) is 4.63. The number of nitrogens with zero attached hydrogens (tertiary/aromatic N) is 2. The molecule has 20 heavy (non-hydrogen) atoms. The summed E-state index contributed by atoms with van der Waals surface area (Å²) in [7, 11) is 0. The Kier molecular flexibility index (Phi) is 5.00. The van der Waals surface area contributed by atoms with Crippen LogP contribution in [0.4, 0.5) is 0 Å². The molecular formula is C13H15ClIN3O2. The highest BCUT2D eigenvalue weighted by atomic mass is 127. The fraction of sp³-hybridized carbons (Fsp3) is 0.385. The largest absolute Gasteiger partial charge is 0.379 e. The molecule has 2 N–H and O–H groups in total. The van der Waals surface area contributed by atoms with Gasteiger partial charge < -0.3 is 15.0 Å². The van der Waals surface area contributed by atoms with Crippen molar-refractivity contribution in [2.75, 3.05) is 13.2 Å². The monoisotopic (exact) mass is 407 g/mol. The van der Waals surface area contributed by atoms with E-state index in [0.717, 1.165) is 9.13 Å². The molecule has 0 radical (unpaired) electrons. The summed E-state index contributed by atoms with van der Waals surface area (Å²) in [4.78, 5) is 4.36. The lowest BCUT2D eigenvalue weighted by atomic mass is 10.1. The second-order valence-electron chi connectivity index (χ2n) is 4.60. The maximum atomic E-state index is 6.15. The van der Waals surface area contributed by atoms with Crippen molar-refractivity contribution in [2.24, 2.45) is 5.73 Å². The van der Waals surface area contributed by atoms with E-state index in [-0.39, 0.29) is 0 Å². The SMILES string of the molecule is CCOCC(C)(N)c1noc(-c2cc(Cl)ccc2I)n1. The van der Waals surface area contributed by atoms with Gasteiger partial charge in [0.05, 0.1) is 12.2 Å². The first-order valence-corrected chi connectivity index (χ1v) is 7.56. The van der Waals surface area contributed by atoms with Gasteiger partial charge in [0.15, 0.2) is 5.82 Å². The average Bonchev–Trinajstić information content (AvgIpc) is 2.89. The summed E-state index contributed by atoms with van der Waals surface area (Å²) >= 11 is 8.19. The molecule has 0 aliphatic rings. The molecule has 0 spiro atoms. The molecule has 0 saturated heterocycles. The van der Waals surface area contributed by atoms with Gasteiger partial charge >= 0.3 is 0 Å². The predicted molar refractivity (Wildman–Crippen MR) is 85.5 cm³/mol. The Labute approximate surface area is 136 Å². The van der Waals surface area contributed by atoms with Crippen LogP contribution in [0, 0.1) is 3.57 Å². The minimum atomic E-state index is -0.790. The number of hydrogen-bond acceptors (Lipinski definition) is 5. The molecule has 0 amide bonds. The number of benzene rings is 1. The van der Waals surface area contributed by atoms with E-state index in [1.54, 1.807) is 13.0 Å². The molecule has 1 atom stereocenters. The molecule has 2 rings (SSSR count). The summed E-state index contributed by atoms with van der Waals surface area (Å²) in [5.74, 6) is 0.816. The molecule has 1 aromatic heterocycles. The Hall–Kier alpha value is -0.700. The fourth-order valence-electron chi connectivity index (χ4n) is 1.60. The van der Waals surface area contributed by atoms with Crippen LogP contribution in [0.25, 0.3) is 11.5 Å². The molecule has 0 saturated carbocycles. The highest BCUT2D eigenvalue weighted by Gasteiger charge is 2.28. The molecule has 7 heteroatoms. The van der Waals surface area contributed by atoms with Gasteiger partial charge in [-0.3, -0.25) is 0 Å². The third kappa shape index (κ3) is 3.49. The topological polar surface area (TPSA) is 74.2 Å². The third-order valence-electron chi connectivity index (χ3n) is 2.70. The van der Waals surface area contributed by atoms with Crippen LogP contribution in [-0.4, -0.2) is 23.4 Å². The van der Waals surface area contributed by atoms with E-state index in [9.17, 15) is 0 Å². The average molecular weight is 408 g/mol. The lowest BCUT2D eigenvalue weighted by molar-refractivity contribution is 0.0962. The van der Waals surface area contributed by atoms with Crippen molar-refractivity contribution < 1.29 is 9.26 Å². The molecule has 0 bridgehead atoms. The van der Waals surface area contributed by atoms with Gasteiger partial charge in [0.2, 0.25) is 0 Å². The van der Waals surface area contributed by atoms with Crippen LogP contribution in [0.3, 0.4) is 0 Å². The number of ether oxygens (including phenoxy) is 1. The van der Waals surface area contributed by atoms with E-state index >= 15 is 0 Å². The molecule has 108 valence electrons. The maximum Gasteiger partial charge on any atom is 0.259 e. The van der Waals surface area contributed by atoms with E-state index in [2.05, 4.69) is 32.7 Å². The van der Waals surface area contributed by atoms with Crippen molar-refractivity contribution in [1.82, 2.24) is 10.1 Å². The third-order valence-corrected chi connectivity index (χ3v) is 3.88. The fourth-order valence-corrected chi connectivity index (χ4v) is 2.34. The van der Waals surface area contributed by atoms with Crippen LogP contribution in [0.1, 0.15) is 19.7 Å². The number of nitrogens with two attached hydrogens (primary N) is 1. The lowest BCUT2D eigenvalue weighted by Crippen LogP contribution is -2.39. The zero-order chi connectivity index (χ0) is 14.8. The van der Waals surface area contributed by atoms with E-state index in [0.29, 0.717) is 30.0 Å². The summed E-state index contributed by atoms with van der Waals surface area (Å²) in [5, 5.41) is 4.57. The van der Waals surface area contributed by atoms with Crippen molar-refractivity contribution in [1.29, 1.82) is 0 Å².